The van der Waals surface area contributed by atoms with Crippen LogP contribution in [0, 0.1) is 17.2 Å². The molecule has 0 spiro atoms. The first-order valence-corrected chi connectivity index (χ1v) is 4.34. The van der Waals surface area contributed by atoms with Crippen LogP contribution in [0.4, 0.5) is 0 Å². The summed E-state index contributed by atoms with van der Waals surface area (Å²) in [7, 11) is 1.68. The lowest BCUT2D eigenvalue weighted by Crippen LogP contribution is -2.33. The van der Waals surface area contributed by atoms with Crippen molar-refractivity contribution in [2.45, 2.75) is 26.3 Å². The van der Waals surface area contributed by atoms with E-state index >= 15 is 0 Å². The fourth-order valence-corrected chi connectivity index (χ4v) is 0.904. The van der Waals surface area contributed by atoms with Crippen LogP contribution in [0.15, 0.2) is 0 Å². The number of nitrogens with zero attached hydrogens (tertiary/aromatic N) is 1. The van der Waals surface area contributed by atoms with Crippen LogP contribution in [0.3, 0.4) is 0 Å². The summed E-state index contributed by atoms with van der Waals surface area (Å²) in [4.78, 5) is 0. The van der Waals surface area contributed by atoms with Crippen molar-refractivity contribution in [3.05, 3.63) is 0 Å². The number of hydrogen-bond donors (Lipinski definition) is 1. The van der Waals surface area contributed by atoms with E-state index in [0.717, 1.165) is 19.6 Å². The van der Waals surface area contributed by atoms with Crippen LogP contribution in [-0.2, 0) is 4.74 Å². The van der Waals surface area contributed by atoms with E-state index in [0.29, 0.717) is 5.92 Å². The van der Waals surface area contributed by atoms with Crippen molar-refractivity contribution in [3.8, 4) is 6.07 Å². The van der Waals surface area contributed by atoms with Crippen molar-refractivity contribution < 1.29 is 4.74 Å². The molecule has 0 fully saturated rings. The van der Waals surface area contributed by atoms with Gasteiger partial charge < -0.3 is 10.1 Å². The SMILES string of the molecule is COCCCNC(C#N)C(C)C. The van der Waals surface area contributed by atoms with Crippen LogP contribution < -0.4 is 5.32 Å². The molecule has 0 rings (SSSR count). The van der Waals surface area contributed by atoms with Gasteiger partial charge in [0, 0.05) is 13.7 Å². The smallest absolute Gasteiger partial charge is 0.0976 e. The number of hydrogen-bond acceptors (Lipinski definition) is 3. The Morgan fingerprint density at radius 1 is 1.50 bits per heavy atom. The fraction of sp³-hybridized carbons (Fsp3) is 0.889. The van der Waals surface area contributed by atoms with Gasteiger partial charge in [0.2, 0.25) is 0 Å². The lowest BCUT2D eigenvalue weighted by molar-refractivity contribution is 0.193. The summed E-state index contributed by atoms with van der Waals surface area (Å²) >= 11 is 0. The molecular formula is C9H18N2O. The van der Waals surface area contributed by atoms with Crippen LogP contribution in [-0.4, -0.2) is 26.3 Å². The van der Waals surface area contributed by atoms with Gasteiger partial charge in [0.05, 0.1) is 12.1 Å². The molecule has 3 nitrogen and oxygen atoms in total. The van der Waals surface area contributed by atoms with Gasteiger partial charge in [0.15, 0.2) is 0 Å². The molecule has 0 heterocycles. The molecule has 12 heavy (non-hydrogen) atoms. The van der Waals surface area contributed by atoms with Crippen molar-refractivity contribution >= 4 is 0 Å². The van der Waals surface area contributed by atoms with Crippen LogP contribution in [0.5, 0.6) is 0 Å². The highest BCUT2D eigenvalue weighted by Crippen LogP contribution is 1.99. The molecule has 1 atom stereocenters. The molecule has 0 amide bonds. The Kier molecular flexibility index (Phi) is 6.73. The second-order valence-electron chi connectivity index (χ2n) is 3.15. The maximum atomic E-state index is 8.71. The zero-order valence-corrected chi connectivity index (χ0v) is 8.13. The lowest BCUT2D eigenvalue weighted by Gasteiger charge is -2.14. The minimum atomic E-state index is -0.0261. The predicted octanol–water partition coefficient (Wildman–Crippen LogP) is 1.16. The number of nitriles is 1. The van der Waals surface area contributed by atoms with E-state index in [-0.39, 0.29) is 6.04 Å². The molecule has 3 heteroatoms. The number of rotatable bonds is 6. The van der Waals surface area contributed by atoms with Crippen LogP contribution in [0.2, 0.25) is 0 Å². The maximum absolute atomic E-state index is 8.71. The molecule has 0 aromatic heterocycles. The number of methoxy groups -OCH3 is 1. The van der Waals surface area contributed by atoms with Gasteiger partial charge in [-0.3, -0.25) is 0 Å². The highest BCUT2D eigenvalue weighted by Gasteiger charge is 2.09. The van der Waals surface area contributed by atoms with E-state index < -0.39 is 0 Å². The van der Waals surface area contributed by atoms with Crippen molar-refractivity contribution in [1.29, 1.82) is 5.26 Å². The summed E-state index contributed by atoms with van der Waals surface area (Å²) in [5.41, 5.74) is 0. The van der Waals surface area contributed by atoms with Gasteiger partial charge in [-0.25, -0.2) is 0 Å². The Morgan fingerprint density at radius 2 is 2.17 bits per heavy atom. The second-order valence-corrected chi connectivity index (χ2v) is 3.15. The van der Waals surface area contributed by atoms with E-state index in [1.807, 2.05) is 13.8 Å². The molecule has 0 aliphatic heterocycles. The predicted molar refractivity (Wildman–Crippen MR) is 48.7 cm³/mol. The van der Waals surface area contributed by atoms with Gasteiger partial charge in [-0.15, -0.1) is 0 Å². The molecule has 0 aliphatic carbocycles. The molecule has 0 aromatic carbocycles. The highest BCUT2D eigenvalue weighted by molar-refractivity contribution is 4.91. The van der Waals surface area contributed by atoms with E-state index in [2.05, 4.69) is 11.4 Å². The normalized spacial score (nSPS) is 12.9. The highest BCUT2D eigenvalue weighted by atomic mass is 16.5. The van der Waals surface area contributed by atoms with Gasteiger partial charge in [-0.2, -0.15) is 5.26 Å². The maximum Gasteiger partial charge on any atom is 0.0976 e. The van der Waals surface area contributed by atoms with E-state index in [1.165, 1.54) is 0 Å². The molecule has 0 aliphatic rings. The standard InChI is InChI=1S/C9H18N2O/c1-8(2)9(7-10)11-5-4-6-12-3/h8-9,11H,4-6H2,1-3H3. The monoisotopic (exact) mass is 170 g/mol. The minimum absolute atomic E-state index is 0.0261. The summed E-state index contributed by atoms with van der Waals surface area (Å²) in [6.45, 7) is 5.68. The topological polar surface area (TPSA) is 45.0 Å². The first-order valence-electron chi connectivity index (χ1n) is 4.34. The van der Waals surface area contributed by atoms with E-state index in [4.69, 9.17) is 10.00 Å². The molecule has 0 aromatic rings. The van der Waals surface area contributed by atoms with Crippen LogP contribution in [0.25, 0.3) is 0 Å². The first kappa shape index (κ1) is 11.4. The third-order valence-electron chi connectivity index (χ3n) is 1.70. The van der Waals surface area contributed by atoms with Gasteiger partial charge in [-0.05, 0) is 18.9 Å². The van der Waals surface area contributed by atoms with E-state index in [9.17, 15) is 0 Å². The Morgan fingerprint density at radius 3 is 2.58 bits per heavy atom. The fourth-order valence-electron chi connectivity index (χ4n) is 0.904. The molecule has 1 unspecified atom stereocenters. The van der Waals surface area contributed by atoms with Gasteiger partial charge in [-0.1, -0.05) is 13.8 Å². The van der Waals surface area contributed by atoms with Crippen molar-refractivity contribution in [2.24, 2.45) is 5.92 Å². The Bertz CT molecular complexity index is 140. The van der Waals surface area contributed by atoms with Crippen molar-refractivity contribution in [2.75, 3.05) is 20.3 Å². The summed E-state index contributed by atoms with van der Waals surface area (Å²) in [5.74, 6) is 0.373. The Labute approximate surface area is 74.7 Å². The zero-order valence-electron chi connectivity index (χ0n) is 8.13. The summed E-state index contributed by atoms with van der Waals surface area (Å²) in [5, 5.41) is 11.9. The van der Waals surface area contributed by atoms with Gasteiger partial charge in [0.1, 0.15) is 0 Å². The second kappa shape index (κ2) is 7.08. The van der Waals surface area contributed by atoms with Crippen molar-refractivity contribution in [3.63, 3.8) is 0 Å². The first-order chi connectivity index (χ1) is 5.72. The third kappa shape index (κ3) is 5.11. The zero-order chi connectivity index (χ0) is 9.40. The summed E-state index contributed by atoms with van der Waals surface area (Å²) in [6, 6.07) is 2.20. The Balaban J connectivity index is 3.41. The summed E-state index contributed by atoms with van der Waals surface area (Å²) in [6.07, 6.45) is 0.960. The van der Waals surface area contributed by atoms with Crippen molar-refractivity contribution in [1.82, 2.24) is 5.32 Å². The number of ether oxygens (including phenoxy) is 1. The van der Waals surface area contributed by atoms with Crippen LogP contribution in [0.1, 0.15) is 20.3 Å². The largest absolute Gasteiger partial charge is 0.385 e. The Hall–Kier alpha value is -0.590. The summed E-state index contributed by atoms with van der Waals surface area (Å²) < 4.78 is 4.89. The average Bonchev–Trinajstić information content (AvgIpc) is 2.04. The number of nitrogens with one attached hydrogen (secondary N) is 1. The lowest BCUT2D eigenvalue weighted by atomic mass is 10.1. The molecule has 0 radical (unpaired) electrons. The molecule has 1 N–H and O–H groups in total. The average molecular weight is 170 g/mol. The van der Waals surface area contributed by atoms with Gasteiger partial charge in [0.25, 0.3) is 0 Å². The molecular weight excluding hydrogens is 152 g/mol. The molecule has 0 saturated heterocycles. The minimum Gasteiger partial charge on any atom is -0.385 e. The van der Waals surface area contributed by atoms with Gasteiger partial charge >= 0.3 is 0 Å². The molecule has 0 bridgehead atoms. The van der Waals surface area contributed by atoms with Crippen LogP contribution >= 0.6 is 0 Å². The third-order valence-corrected chi connectivity index (χ3v) is 1.70. The molecule has 70 valence electrons. The quantitative estimate of drug-likeness (QED) is 0.608. The van der Waals surface area contributed by atoms with E-state index in [1.54, 1.807) is 7.11 Å². The molecule has 0 saturated carbocycles.